The number of Topliss-reactive ketones (excluding diaryl/α,β-unsaturated/α-hetero) is 4. The minimum absolute atomic E-state index is 0.0236. The minimum Gasteiger partial charge on any atom is -0.506 e. The number of aliphatic hydroxyl groups is 1. The van der Waals surface area contributed by atoms with E-state index in [1.807, 2.05) is 0 Å². The van der Waals surface area contributed by atoms with E-state index in [0.29, 0.717) is 16.1 Å². The molecule has 12 nitrogen and oxygen atoms in total. The molecule has 2 saturated carbocycles. The molecule has 0 aliphatic heterocycles. The van der Waals surface area contributed by atoms with Crippen molar-refractivity contribution in [1.82, 2.24) is 4.90 Å². The van der Waals surface area contributed by atoms with Crippen molar-refractivity contribution in [3.63, 3.8) is 0 Å². The standard InChI is InChI=1S/C28H29N3O9S/c1-30(2)14-9-12(15-5-6-16(41-15)27(38)39)21(32)18-11(14)7-10-8-13-20(31(3)4)23(34)19(26(29)37)25(36)28(13,40)24(35)17(10)22(18)33/h5-6,9-10,13,17,19-20,32,40H,7-8H2,1-4H3,(H2,29,37)(H,38,39)/t10-,13-,17?,19?,20-,28-/m0/s1. The summed E-state index contributed by atoms with van der Waals surface area (Å²) in [5, 5.41) is 32.5. The maximum Gasteiger partial charge on any atom is 0.345 e. The molecule has 1 amide bonds. The van der Waals surface area contributed by atoms with Gasteiger partial charge in [0.2, 0.25) is 5.91 Å². The number of hydrogen-bond acceptors (Lipinski definition) is 11. The number of anilines is 1. The van der Waals surface area contributed by atoms with E-state index in [4.69, 9.17) is 5.73 Å². The fourth-order valence-corrected chi connectivity index (χ4v) is 7.70. The first-order valence-electron chi connectivity index (χ1n) is 12.9. The monoisotopic (exact) mass is 583 g/mol. The number of phenolic OH excluding ortho intramolecular Hbond substituents is 1. The van der Waals surface area contributed by atoms with Gasteiger partial charge in [-0.1, -0.05) is 0 Å². The Morgan fingerprint density at radius 2 is 1.73 bits per heavy atom. The zero-order valence-electron chi connectivity index (χ0n) is 22.7. The molecule has 0 bridgehead atoms. The predicted molar refractivity (Wildman–Crippen MR) is 146 cm³/mol. The summed E-state index contributed by atoms with van der Waals surface area (Å²) in [5.41, 5.74) is 3.61. The molecule has 5 rings (SSSR count). The average molecular weight is 584 g/mol. The molecule has 216 valence electrons. The molecule has 3 aliphatic rings. The van der Waals surface area contributed by atoms with Crippen LogP contribution in [-0.4, -0.2) is 95.1 Å². The van der Waals surface area contributed by atoms with Crippen molar-refractivity contribution in [2.24, 2.45) is 29.4 Å². The number of carbonyl (C=O) groups is 6. The van der Waals surface area contributed by atoms with Crippen LogP contribution in [0.5, 0.6) is 5.75 Å². The first-order chi connectivity index (χ1) is 19.1. The molecule has 13 heteroatoms. The van der Waals surface area contributed by atoms with Crippen LogP contribution in [0.4, 0.5) is 5.69 Å². The van der Waals surface area contributed by atoms with Crippen LogP contribution in [0.15, 0.2) is 18.2 Å². The number of amides is 1. The molecule has 2 fully saturated rings. The van der Waals surface area contributed by atoms with Gasteiger partial charge in [-0.25, -0.2) is 4.79 Å². The highest BCUT2D eigenvalue weighted by Crippen LogP contribution is 2.53. The van der Waals surface area contributed by atoms with Gasteiger partial charge in [-0.05, 0) is 56.6 Å². The summed E-state index contributed by atoms with van der Waals surface area (Å²) in [6, 6.07) is 3.35. The van der Waals surface area contributed by atoms with Crippen LogP contribution in [0.1, 0.15) is 32.0 Å². The van der Waals surface area contributed by atoms with Crippen LogP contribution in [0.2, 0.25) is 0 Å². The molecule has 1 heterocycles. The fraction of sp³-hybridized carbons (Fsp3) is 0.429. The largest absolute Gasteiger partial charge is 0.506 e. The maximum absolute atomic E-state index is 14.1. The SMILES string of the molecule is CN(C)c1cc(-c2ccc(C(=O)O)s2)c(O)c2c1C[C@H]1C[C@H]3[C@H](N(C)C)C(=O)C(C(N)=O)C(=O)[C@@]3(O)C(=O)C1C2=O. The van der Waals surface area contributed by atoms with E-state index in [1.54, 1.807) is 25.1 Å². The Bertz CT molecular complexity index is 1560. The number of carboxylic acids is 1. The van der Waals surface area contributed by atoms with Crippen molar-refractivity contribution < 1.29 is 44.1 Å². The van der Waals surface area contributed by atoms with Gasteiger partial charge in [0.25, 0.3) is 0 Å². The number of hydrogen-bond donors (Lipinski definition) is 4. The number of aromatic hydroxyl groups is 1. The second-order valence-corrected chi connectivity index (χ2v) is 12.4. The number of primary amides is 1. The number of rotatable bonds is 5. The molecular formula is C28H29N3O9S. The first kappa shape index (κ1) is 28.6. The Hall–Kier alpha value is -3.94. The summed E-state index contributed by atoms with van der Waals surface area (Å²) in [5.74, 6) is -12.4. The zero-order chi connectivity index (χ0) is 30.3. The predicted octanol–water partition coefficient (Wildman–Crippen LogP) is 0.360. The number of nitrogens with two attached hydrogens (primary N) is 1. The van der Waals surface area contributed by atoms with Gasteiger partial charge in [0, 0.05) is 36.1 Å². The summed E-state index contributed by atoms with van der Waals surface area (Å²) in [7, 11) is 6.52. The second-order valence-electron chi connectivity index (χ2n) is 11.3. The molecule has 5 N–H and O–H groups in total. The van der Waals surface area contributed by atoms with Crippen molar-refractivity contribution in [2.45, 2.75) is 24.5 Å². The number of fused-ring (bicyclic) bond motifs is 3. The van der Waals surface area contributed by atoms with Gasteiger partial charge in [0.15, 0.2) is 34.7 Å². The number of phenols is 1. The highest BCUT2D eigenvalue weighted by atomic mass is 32.1. The summed E-state index contributed by atoms with van der Waals surface area (Å²) in [4.78, 5) is 81.9. The molecule has 0 spiro atoms. The fourth-order valence-electron chi connectivity index (χ4n) is 6.84. The van der Waals surface area contributed by atoms with Gasteiger partial charge in [0.1, 0.15) is 10.6 Å². The topological polar surface area (TPSA) is 196 Å². The highest BCUT2D eigenvalue weighted by Gasteiger charge is 2.69. The van der Waals surface area contributed by atoms with Crippen LogP contribution >= 0.6 is 11.3 Å². The van der Waals surface area contributed by atoms with Crippen molar-refractivity contribution >= 4 is 52.0 Å². The van der Waals surface area contributed by atoms with Gasteiger partial charge in [-0.2, -0.15) is 0 Å². The van der Waals surface area contributed by atoms with Crippen LogP contribution in [0, 0.1) is 23.7 Å². The molecule has 1 aromatic carbocycles. The third-order valence-electron chi connectivity index (χ3n) is 8.60. The van der Waals surface area contributed by atoms with Crippen molar-refractivity contribution in [1.29, 1.82) is 0 Å². The molecule has 6 atom stereocenters. The van der Waals surface area contributed by atoms with Gasteiger partial charge in [-0.3, -0.25) is 28.9 Å². The van der Waals surface area contributed by atoms with E-state index >= 15 is 0 Å². The smallest absolute Gasteiger partial charge is 0.345 e. The molecule has 0 radical (unpaired) electrons. The van der Waals surface area contributed by atoms with E-state index in [2.05, 4.69) is 0 Å². The average Bonchev–Trinajstić information content (AvgIpc) is 3.36. The van der Waals surface area contributed by atoms with Gasteiger partial charge >= 0.3 is 5.97 Å². The number of carboxylic acid groups (broad SMARTS) is 1. The second kappa shape index (κ2) is 9.57. The van der Waals surface area contributed by atoms with Crippen molar-refractivity contribution in [3.05, 3.63) is 34.2 Å². The van der Waals surface area contributed by atoms with Gasteiger partial charge in [0.05, 0.1) is 17.5 Å². The number of benzene rings is 1. The van der Waals surface area contributed by atoms with Crippen LogP contribution in [-0.2, 0) is 25.6 Å². The van der Waals surface area contributed by atoms with Crippen LogP contribution in [0.3, 0.4) is 0 Å². The Kier molecular flexibility index (Phi) is 6.67. The minimum atomic E-state index is -2.81. The number of likely N-dealkylation sites (N-methyl/N-ethyl adjacent to an activating group) is 1. The Labute approximate surface area is 238 Å². The maximum atomic E-state index is 14.1. The molecule has 41 heavy (non-hydrogen) atoms. The molecule has 0 saturated heterocycles. The Morgan fingerprint density at radius 3 is 2.27 bits per heavy atom. The van der Waals surface area contributed by atoms with Gasteiger partial charge in [-0.15, -0.1) is 11.3 Å². The van der Waals surface area contributed by atoms with E-state index in [1.165, 1.54) is 31.1 Å². The summed E-state index contributed by atoms with van der Waals surface area (Å²) in [6.45, 7) is 0. The lowest BCUT2D eigenvalue weighted by Crippen LogP contribution is -2.74. The van der Waals surface area contributed by atoms with Crippen molar-refractivity contribution in [3.8, 4) is 16.2 Å². The molecule has 3 aliphatic carbocycles. The Balaban J connectivity index is 1.68. The summed E-state index contributed by atoms with van der Waals surface area (Å²) >= 11 is 0.903. The lowest BCUT2D eigenvalue weighted by molar-refractivity contribution is -0.181. The van der Waals surface area contributed by atoms with E-state index in [-0.39, 0.29) is 28.8 Å². The summed E-state index contributed by atoms with van der Waals surface area (Å²) in [6.07, 6.45) is 0.0736. The lowest BCUT2D eigenvalue weighted by Gasteiger charge is -2.52. The van der Waals surface area contributed by atoms with E-state index in [0.717, 1.165) is 11.3 Å². The number of thiophene rings is 1. The molecule has 2 aromatic rings. The van der Waals surface area contributed by atoms with Crippen molar-refractivity contribution in [2.75, 3.05) is 33.1 Å². The number of ketones is 4. The third kappa shape index (κ3) is 3.94. The van der Waals surface area contributed by atoms with E-state index < -0.39 is 76.1 Å². The van der Waals surface area contributed by atoms with Crippen LogP contribution < -0.4 is 10.6 Å². The number of aromatic carboxylic acids is 1. The number of nitrogens with zero attached hydrogens (tertiary/aromatic N) is 2. The zero-order valence-corrected chi connectivity index (χ0v) is 23.5. The molecular weight excluding hydrogens is 554 g/mol. The van der Waals surface area contributed by atoms with Gasteiger partial charge < -0.3 is 26.0 Å². The Morgan fingerprint density at radius 1 is 1.07 bits per heavy atom. The van der Waals surface area contributed by atoms with Crippen LogP contribution in [0.25, 0.3) is 10.4 Å². The first-order valence-corrected chi connectivity index (χ1v) is 13.7. The lowest BCUT2D eigenvalue weighted by atomic mass is 9.52. The summed E-state index contributed by atoms with van der Waals surface area (Å²) < 4.78 is 0. The number of carbonyl (C=O) groups excluding carboxylic acids is 5. The highest BCUT2D eigenvalue weighted by molar-refractivity contribution is 7.17. The molecule has 2 unspecified atom stereocenters. The normalized spacial score (nSPS) is 29.2. The molecule has 1 aromatic heterocycles. The third-order valence-corrected chi connectivity index (χ3v) is 9.71. The van der Waals surface area contributed by atoms with E-state index in [9.17, 15) is 44.1 Å². The quantitative estimate of drug-likeness (QED) is 0.355.